The summed E-state index contributed by atoms with van der Waals surface area (Å²) < 4.78 is 31.3. The Labute approximate surface area is 365 Å². The minimum absolute atomic E-state index is 0.00448. The van der Waals surface area contributed by atoms with Crippen molar-refractivity contribution < 1.29 is 37.8 Å². The molecule has 0 aliphatic carbocycles. The Balaban J connectivity index is 0.00000369. The van der Waals surface area contributed by atoms with Crippen molar-refractivity contribution in [2.45, 2.75) is 46.6 Å². The Kier molecular flexibility index (Phi) is 16.8. The molecule has 334 valence electrons. The van der Waals surface area contributed by atoms with Crippen LogP contribution < -0.4 is 26.2 Å². The van der Waals surface area contributed by atoms with Crippen LogP contribution in [0.25, 0.3) is 21.9 Å². The summed E-state index contributed by atoms with van der Waals surface area (Å²) in [5, 5.41) is 16.3. The second kappa shape index (κ2) is 22.4. The van der Waals surface area contributed by atoms with Gasteiger partial charge in [-0.25, -0.2) is 19.3 Å². The monoisotopic (exact) mass is 866 g/mol. The van der Waals surface area contributed by atoms with Gasteiger partial charge in [0.1, 0.15) is 17.2 Å². The maximum Gasteiger partial charge on any atom is 0.412 e. The van der Waals surface area contributed by atoms with Crippen molar-refractivity contribution in [3.63, 3.8) is 0 Å². The number of hydrogen-bond donors (Lipinski definition) is 4. The maximum absolute atomic E-state index is 14.9. The summed E-state index contributed by atoms with van der Waals surface area (Å²) in [6.45, 7) is 11.3. The lowest BCUT2D eigenvalue weighted by molar-refractivity contribution is -0.131. The standard InChI is InChI=1S/C44H49FN8O8.C2H6/c1-44(2,3)61-43(58)49-37-25-30(29-8-7-9-31(24-29)59-4)26-48-39(37)41(56)47-15-21-60-20-14-46-27-38(54)52-16-18-53(19-17-52)42(57)34-22-28(12-13-35(34)45)23-36-32-10-5-6-11-33(32)40(55)51-50-36;1-2/h5-13,22,24-26,46H,14-21,23,27H2,1-4H3,(H,47,56)(H,49,58)(H,51,55);1-2H3. The minimum Gasteiger partial charge on any atom is -0.497 e. The van der Waals surface area contributed by atoms with Crippen LogP contribution in [0.5, 0.6) is 5.75 Å². The highest BCUT2D eigenvalue weighted by Crippen LogP contribution is 2.28. The summed E-state index contributed by atoms with van der Waals surface area (Å²) in [4.78, 5) is 71.9. The van der Waals surface area contributed by atoms with Crippen molar-refractivity contribution in [3.8, 4) is 16.9 Å². The van der Waals surface area contributed by atoms with Crippen molar-refractivity contribution in [3.05, 3.63) is 118 Å². The fourth-order valence-corrected chi connectivity index (χ4v) is 6.66. The fraction of sp³-hybridized carbons (Fsp3) is 0.370. The molecule has 0 spiro atoms. The number of ether oxygens (including phenoxy) is 3. The molecule has 5 aromatic rings. The molecule has 2 aromatic heterocycles. The average molecular weight is 867 g/mol. The van der Waals surface area contributed by atoms with E-state index in [-0.39, 0.29) is 74.2 Å². The van der Waals surface area contributed by atoms with Crippen LogP contribution >= 0.6 is 0 Å². The molecule has 0 radical (unpaired) electrons. The van der Waals surface area contributed by atoms with E-state index in [1.54, 1.807) is 69.2 Å². The fourth-order valence-electron chi connectivity index (χ4n) is 6.66. The van der Waals surface area contributed by atoms with E-state index in [9.17, 15) is 28.4 Å². The number of carbonyl (C=O) groups excluding carboxylic acids is 4. The van der Waals surface area contributed by atoms with Gasteiger partial charge in [-0.2, -0.15) is 5.10 Å². The van der Waals surface area contributed by atoms with Crippen molar-refractivity contribution >= 4 is 40.3 Å². The van der Waals surface area contributed by atoms with Crippen LogP contribution in [0, 0.1) is 5.82 Å². The van der Waals surface area contributed by atoms with E-state index in [0.717, 1.165) is 5.56 Å². The number of piperazine rings is 1. The Morgan fingerprint density at radius 3 is 2.30 bits per heavy atom. The van der Waals surface area contributed by atoms with Crippen LogP contribution in [0.1, 0.15) is 66.7 Å². The largest absolute Gasteiger partial charge is 0.497 e. The lowest BCUT2D eigenvalue weighted by Gasteiger charge is -2.35. The third kappa shape index (κ3) is 13.1. The van der Waals surface area contributed by atoms with E-state index in [4.69, 9.17) is 14.2 Å². The van der Waals surface area contributed by atoms with Gasteiger partial charge in [-0.15, -0.1) is 0 Å². The molecule has 1 aliphatic heterocycles. The number of aromatic nitrogens is 3. The number of methoxy groups -OCH3 is 1. The first kappa shape index (κ1) is 47.3. The van der Waals surface area contributed by atoms with Crippen LogP contribution in [0.3, 0.4) is 0 Å². The first-order valence-electron chi connectivity index (χ1n) is 20.8. The van der Waals surface area contributed by atoms with Crippen LogP contribution in [0.4, 0.5) is 14.9 Å². The normalized spacial score (nSPS) is 12.6. The van der Waals surface area contributed by atoms with Gasteiger partial charge in [0.05, 0.1) is 49.2 Å². The topological polar surface area (TPSA) is 197 Å². The Morgan fingerprint density at radius 1 is 0.857 bits per heavy atom. The van der Waals surface area contributed by atoms with Crippen LogP contribution in [-0.2, 0) is 20.7 Å². The van der Waals surface area contributed by atoms with Gasteiger partial charge in [0, 0.05) is 62.8 Å². The molecule has 63 heavy (non-hydrogen) atoms. The number of halogens is 1. The van der Waals surface area contributed by atoms with Crippen LogP contribution in [0.15, 0.2) is 83.8 Å². The van der Waals surface area contributed by atoms with E-state index in [1.807, 2.05) is 38.1 Å². The van der Waals surface area contributed by atoms with Gasteiger partial charge in [0.15, 0.2) is 5.69 Å². The second-order valence-corrected chi connectivity index (χ2v) is 15.2. The molecule has 1 aliphatic rings. The van der Waals surface area contributed by atoms with Gasteiger partial charge in [-0.3, -0.25) is 24.5 Å². The molecule has 1 saturated heterocycles. The third-order valence-electron chi connectivity index (χ3n) is 9.70. The zero-order chi connectivity index (χ0) is 45.5. The van der Waals surface area contributed by atoms with E-state index in [1.165, 1.54) is 23.2 Å². The number of H-pyrrole nitrogens is 1. The first-order valence-corrected chi connectivity index (χ1v) is 20.8. The molecule has 3 aromatic carbocycles. The minimum atomic E-state index is -0.760. The lowest BCUT2D eigenvalue weighted by atomic mass is 10.0. The van der Waals surface area contributed by atoms with E-state index in [2.05, 4.69) is 31.1 Å². The number of rotatable bonds is 15. The molecule has 0 atom stereocenters. The summed E-state index contributed by atoms with van der Waals surface area (Å²) in [6.07, 6.45) is 1.08. The molecule has 1 fully saturated rings. The summed E-state index contributed by atoms with van der Waals surface area (Å²) in [6, 6.07) is 20.4. The SMILES string of the molecule is CC.COc1cccc(-c2cnc(C(=O)NCCOCCNCC(=O)N3CCN(C(=O)c4cc(Cc5n[nH]c(=O)c6ccccc56)ccc4F)CC3)c(NC(=O)OC(C)(C)C)c2)c1. The molecule has 6 rings (SSSR count). The smallest absolute Gasteiger partial charge is 0.412 e. The van der Waals surface area contributed by atoms with Crippen molar-refractivity contribution in [2.24, 2.45) is 0 Å². The number of carbonyl (C=O) groups is 4. The molecule has 0 unspecified atom stereocenters. The summed E-state index contributed by atoms with van der Waals surface area (Å²) >= 11 is 0. The summed E-state index contributed by atoms with van der Waals surface area (Å²) in [7, 11) is 1.56. The first-order chi connectivity index (χ1) is 30.3. The number of hydrogen-bond acceptors (Lipinski definition) is 11. The zero-order valence-corrected chi connectivity index (χ0v) is 36.5. The number of pyridine rings is 1. The zero-order valence-electron chi connectivity index (χ0n) is 36.5. The number of nitrogens with zero attached hydrogens (tertiary/aromatic N) is 4. The highest BCUT2D eigenvalue weighted by atomic mass is 19.1. The van der Waals surface area contributed by atoms with Crippen LogP contribution in [0.2, 0.25) is 0 Å². The Morgan fingerprint density at radius 2 is 1.57 bits per heavy atom. The van der Waals surface area contributed by atoms with Crippen molar-refractivity contribution in [2.75, 3.05) is 71.5 Å². The van der Waals surface area contributed by atoms with Crippen molar-refractivity contribution in [1.29, 1.82) is 0 Å². The Bertz CT molecular complexity index is 2450. The van der Waals surface area contributed by atoms with Gasteiger partial charge < -0.3 is 34.6 Å². The Hall–Kier alpha value is -6.72. The molecule has 17 heteroatoms. The predicted octanol–water partition coefficient (Wildman–Crippen LogP) is 5.42. The number of benzene rings is 3. The number of aromatic amines is 1. The maximum atomic E-state index is 14.9. The number of fused-ring (bicyclic) bond motifs is 1. The predicted molar refractivity (Wildman–Crippen MR) is 238 cm³/mol. The molecule has 0 bridgehead atoms. The molecular formula is C46H55FN8O8. The summed E-state index contributed by atoms with van der Waals surface area (Å²) in [5.41, 5.74) is 1.72. The van der Waals surface area contributed by atoms with E-state index >= 15 is 0 Å². The second-order valence-electron chi connectivity index (χ2n) is 15.2. The molecule has 3 heterocycles. The van der Waals surface area contributed by atoms with Gasteiger partial charge in [-0.1, -0.05) is 50.2 Å². The van der Waals surface area contributed by atoms with Gasteiger partial charge in [-0.05, 0) is 68.3 Å². The van der Waals surface area contributed by atoms with Gasteiger partial charge in [0.2, 0.25) is 5.91 Å². The van der Waals surface area contributed by atoms with Crippen molar-refractivity contribution in [1.82, 2.24) is 35.6 Å². The van der Waals surface area contributed by atoms with E-state index < -0.39 is 29.3 Å². The lowest BCUT2D eigenvalue weighted by Crippen LogP contribution is -2.52. The molecule has 16 nitrogen and oxygen atoms in total. The summed E-state index contributed by atoms with van der Waals surface area (Å²) in [5.74, 6) is -1.14. The van der Waals surface area contributed by atoms with Gasteiger partial charge >= 0.3 is 6.09 Å². The average Bonchev–Trinajstić information content (AvgIpc) is 3.28. The molecule has 0 saturated carbocycles. The van der Waals surface area contributed by atoms with Crippen LogP contribution in [-0.4, -0.2) is 121 Å². The number of amides is 4. The molecule has 4 amide bonds. The van der Waals surface area contributed by atoms with E-state index in [0.29, 0.717) is 53.0 Å². The highest BCUT2D eigenvalue weighted by Gasteiger charge is 2.27. The molecular weight excluding hydrogens is 812 g/mol. The molecule has 4 N–H and O–H groups in total. The van der Waals surface area contributed by atoms with Gasteiger partial charge in [0.25, 0.3) is 17.4 Å². The number of anilines is 1. The quantitative estimate of drug-likeness (QED) is 0.0982. The highest BCUT2D eigenvalue weighted by molar-refractivity contribution is 6.02. The third-order valence-corrected chi connectivity index (χ3v) is 9.70. The number of nitrogens with one attached hydrogen (secondary N) is 4.